The average molecular weight is 476 g/mol. The van der Waals surface area contributed by atoms with Crippen LogP contribution < -0.4 is 10.1 Å². The lowest BCUT2D eigenvalue weighted by atomic mass is 9.82. The van der Waals surface area contributed by atoms with Crippen molar-refractivity contribution in [1.29, 1.82) is 0 Å². The van der Waals surface area contributed by atoms with Crippen LogP contribution in [0.3, 0.4) is 0 Å². The molecule has 2 aliphatic rings. The molecule has 180 valence electrons. The average Bonchev–Trinajstić information content (AvgIpc) is 2.80. The van der Waals surface area contributed by atoms with Gasteiger partial charge in [0.15, 0.2) is 17.4 Å². The molecule has 4 rings (SSSR count). The van der Waals surface area contributed by atoms with Crippen LogP contribution in [0.5, 0.6) is 5.75 Å². The molecule has 7 nitrogen and oxygen atoms in total. The Morgan fingerprint density at radius 1 is 1.03 bits per heavy atom. The van der Waals surface area contributed by atoms with Crippen molar-refractivity contribution in [3.63, 3.8) is 0 Å². The van der Waals surface area contributed by atoms with Crippen LogP contribution in [-0.2, 0) is 11.2 Å². The predicted octanol–water partition coefficient (Wildman–Crippen LogP) is 3.68. The van der Waals surface area contributed by atoms with Crippen molar-refractivity contribution in [2.75, 3.05) is 19.7 Å². The largest absolute Gasteiger partial charge is 0.488 e. The number of carboxylic acid groups (broad SMARTS) is 2. The number of aliphatic carboxylic acids is 1. The molecule has 0 saturated carbocycles. The van der Waals surface area contributed by atoms with Gasteiger partial charge in [-0.05, 0) is 48.1 Å². The molecule has 2 bridgehead atoms. The van der Waals surface area contributed by atoms with Crippen LogP contribution in [0.2, 0.25) is 0 Å². The summed E-state index contributed by atoms with van der Waals surface area (Å²) in [6.45, 7) is 0.664. The molecule has 2 aromatic rings. The van der Waals surface area contributed by atoms with Gasteiger partial charge < -0.3 is 20.3 Å². The van der Waals surface area contributed by atoms with Crippen LogP contribution in [0.4, 0.5) is 18.0 Å². The van der Waals surface area contributed by atoms with Crippen LogP contribution in [-0.4, -0.2) is 59.0 Å². The minimum Gasteiger partial charge on any atom is -0.488 e. The molecule has 1 amide bonds. The number of carbonyl (C=O) groups is 2. The van der Waals surface area contributed by atoms with Gasteiger partial charge in [-0.25, -0.2) is 18.4 Å². The number of nitrogens with one attached hydrogen (secondary N) is 1. The van der Waals surface area contributed by atoms with Gasteiger partial charge in [0.25, 0.3) is 0 Å². The maximum Gasteiger partial charge on any atom is 0.408 e. The van der Waals surface area contributed by atoms with Gasteiger partial charge >= 0.3 is 12.1 Å². The van der Waals surface area contributed by atoms with E-state index in [1.165, 1.54) is 4.90 Å². The summed E-state index contributed by atoms with van der Waals surface area (Å²) in [4.78, 5) is 25.0. The number of hydrogen-bond donors (Lipinski definition) is 3. The van der Waals surface area contributed by atoms with Crippen LogP contribution >= 0.6 is 0 Å². The molecule has 2 unspecified atom stereocenters. The number of nitrogens with zero attached hydrogens (tertiary/aromatic N) is 1. The summed E-state index contributed by atoms with van der Waals surface area (Å²) < 4.78 is 45.6. The molecule has 34 heavy (non-hydrogen) atoms. The van der Waals surface area contributed by atoms with E-state index in [4.69, 9.17) is 4.74 Å². The number of fused-ring (bicyclic) bond motifs is 2. The van der Waals surface area contributed by atoms with E-state index < -0.39 is 41.3 Å². The third-order valence-electron chi connectivity index (χ3n) is 6.16. The maximum atomic E-state index is 13.7. The monoisotopic (exact) mass is 476 g/mol. The van der Waals surface area contributed by atoms with Gasteiger partial charge in [-0.15, -0.1) is 0 Å². The van der Waals surface area contributed by atoms with Crippen LogP contribution in [0.15, 0.2) is 42.0 Å². The fourth-order valence-corrected chi connectivity index (χ4v) is 4.59. The third kappa shape index (κ3) is 4.58. The van der Waals surface area contributed by atoms with Crippen molar-refractivity contribution in [1.82, 2.24) is 10.2 Å². The smallest absolute Gasteiger partial charge is 0.408 e. The van der Waals surface area contributed by atoms with E-state index in [1.54, 1.807) is 12.1 Å². The normalized spacial score (nSPS) is 19.8. The van der Waals surface area contributed by atoms with E-state index in [1.807, 2.05) is 12.1 Å². The van der Waals surface area contributed by atoms with Crippen molar-refractivity contribution in [3.8, 4) is 5.75 Å². The summed E-state index contributed by atoms with van der Waals surface area (Å²) in [5, 5.41) is 22.5. The topological polar surface area (TPSA) is 99.1 Å². The molecule has 2 aliphatic heterocycles. The Labute approximate surface area is 193 Å². The highest BCUT2D eigenvalue weighted by Crippen LogP contribution is 2.36. The Bertz CT molecular complexity index is 1140. The number of aryl methyl sites for hydroxylation is 1. The zero-order valence-electron chi connectivity index (χ0n) is 18.1. The first kappa shape index (κ1) is 23.6. The minimum atomic E-state index is -1.36. The SMILES string of the molecule is O=C(O)C1=C(c2ccc(CCCOc3c(F)ccc(F)c3F)cc2)CC2CNCC1N2C(=O)O. The van der Waals surface area contributed by atoms with Crippen molar-refractivity contribution >= 4 is 17.6 Å². The molecule has 2 heterocycles. The highest BCUT2D eigenvalue weighted by atomic mass is 19.2. The van der Waals surface area contributed by atoms with Gasteiger partial charge in [0.1, 0.15) is 0 Å². The highest BCUT2D eigenvalue weighted by Gasteiger charge is 2.44. The second-order valence-corrected chi connectivity index (χ2v) is 8.24. The summed E-state index contributed by atoms with van der Waals surface area (Å²) in [5.41, 5.74) is 2.30. The zero-order valence-corrected chi connectivity index (χ0v) is 18.1. The number of ether oxygens (including phenoxy) is 1. The van der Waals surface area contributed by atoms with E-state index in [0.29, 0.717) is 36.6 Å². The van der Waals surface area contributed by atoms with E-state index in [9.17, 15) is 33.0 Å². The number of halogens is 3. The van der Waals surface area contributed by atoms with E-state index in [-0.39, 0.29) is 31.2 Å². The predicted molar refractivity (Wildman–Crippen MR) is 116 cm³/mol. The lowest BCUT2D eigenvalue weighted by Crippen LogP contribution is -2.62. The number of benzene rings is 2. The van der Waals surface area contributed by atoms with Gasteiger partial charge in [-0.1, -0.05) is 24.3 Å². The van der Waals surface area contributed by atoms with Crippen LogP contribution in [0.1, 0.15) is 24.0 Å². The van der Waals surface area contributed by atoms with Gasteiger partial charge in [-0.3, -0.25) is 4.90 Å². The second kappa shape index (κ2) is 9.76. The molecular formula is C24H23F3N2O5. The first-order valence-corrected chi connectivity index (χ1v) is 10.8. The van der Waals surface area contributed by atoms with Crippen molar-refractivity contribution in [2.24, 2.45) is 0 Å². The fourth-order valence-electron chi connectivity index (χ4n) is 4.59. The molecule has 0 radical (unpaired) electrons. The Balaban J connectivity index is 1.45. The molecule has 2 aromatic carbocycles. The number of piperazine rings is 1. The van der Waals surface area contributed by atoms with Gasteiger partial charge in [0.2, 0.25) is 5.82 Å². The number of carboxylic acids is 1. The first-order chi connectivity index (χ1) is 16.3. The first-order valence-electron chi connectivity index (χ1n) is 10.8. The Hall–Kier alpha value is -3.53. The lowest BCUT2D eigenvalue weighted by Gasteiger charge is -2.45. The van der Waals surface area contributed by atoms with Gasteiger partial charge in [0, 0.05) is 13.1 Å². The lowest BCUT2D eigenvalue weighted by molar-refractivity contribution is -0.133. The summed E-state index contributed by atoms with van der Waals surface area (Å²) in [6, 6.07) is 7.61. The van der Waals surface area contributed by atoms with E-state index in [2.05, 4.69) is 5.32 Å². The van der Waals surface area contributed by atoms with Gasteiger partial charge in [-0.2, -0.15) is 4.39 Å². The van der Waals surface area contributed by atoms with Crippen LogP contribution in [0, 0.1) is 17.5 Å². The standard InChI is InChI=1S/C24H23F3N2O5/c25-17-7-8-18(26)22(21(17)27)34-9-1-2-13-3-5-14(6-4-13)16-10-15-11-28-12-19(20(16)23(30)31)29(15)24(32)33/h3-8,15,19,28H,1-2,9-12H2,(H,30,31)(H,32,33). The Morgan fingerprint density at radius 3 is 2.41 bits per heavy atom. The van der Waals surface area contributed by atoms with E-state index >= 15 is 0 Å². The van der Waals surface area contributed by atoms with Crippen molar-refractivity contribution < 1.29 is 37.7 Å². The quantitative estimate of drug-likeness (QED) is 0.417. The fraction of sp³-hybridized carbons (Fsp3) is 0.333. The summed E-state index contributed by atoms with van der Waals surface area (Å²) in [5.74, 6) is -5.40. The Morgan fingerprint density at radius 2 is 1.74 bits per heavy atom. The van der Waals surface area contributed by atoms with Crippen molar-refractivity contribution in [3.05, 3.63) is 70.5 Å². The van der Waals surface area contributed by atoms with E-state index in [0.717, 1.165) is 11.6 Å². The molecule has 0 spiro atoms. The number of rotatable bonds is 7. The molecule has 0 aromatic heterocycles. The summed E-state index contributed by atoms with van der Waals surface area (Å²) in [6.07, 6.45) is 0.0900. The molecule has 2 atom stereocenters. The zero-order chi connectivity index (χ0) is 24.4. The van der Waals surface area contributed by atoms with Gasteiger partial charge in [0.05, 0.1) is 24.3 Å². The Kier molecular flexibility index (Phi) is 6.78. The summed E-state index contributed by atoms with van der Waals surface area (Å²) in [7, 11) is 0. The minimum absolute atomic E-state index is 0.0191. The second-order valence-electron chi connectivity index (χ2n) is 8.24. The number of hydrogen-bond acceptors (Lipinski definition) is 4. The summed E-state index contributed by atoms with van der Waals surface area (Å²) >= 11 is 0. The third-order valence-corrected chi connectivity index (χ3v) is 6.16. The molecule has 0 aliphatic carbocycles. The van der Waals surface area contributed by atoms with Crippen LogP contribution in [0.25, 0.3) is 5.57 Å². The molecule has 10 heteroatoms. The molecule has 1 fully saturated rings. The maximum absolute atomic E-state index is 13.7. The van der Waals surface area contributed by atoms with Crippen molar-refractivity contribution in [2.45, 2.75) is 31.3 Å². The molecule has 1 saturated heterocycles. The molecule has 3 N–H and O–H groups in total. The molecular weight excluding hydrogens is 453 g/mol. The highest BCUT2D eigenvalue weighted by molar-refractivity contribution is 5.99. The number of amides is 1.